The zero-order valence-electron chi connectivity index (χ0n) is 7.50. The lowest BCUT2D eigenvalue weighted by atomic mass is 10.2. The van der Waals surface area contributed by atoms with Crippen molar-refractivity contribution in [2.45, 2.75) is 6.42 Å². The second-order valence-corrected chi connectivity index (χ2v) is 3.15. The van der Waals surface area contributed by atoms with Gasteiger partial charge in [0.2, 0.25) is 0 Å². The molecule has 13 heavy (non-hydrogen) atoms. The molecule has 0 atom stereocenters. The van der Waals surface area contributed by atoms with E-state index in [1.807, 2.05) is 24.3 Å². The number of hydrogen-bond donors (Lipinski definition) is 1. The van der Waals surface area contributed by atoms with Crippen LogP contribution in [0.1, 0.15) is 5.56 Å². The van der Waals surface area contributed by atoms with Crippen molar-refractivity contribution in [3.05, 3.63) is 34.9 Å². The van der Waals surface area contributed by atoms with Crippen LogP contribution in [0.3, 0.4) is 0 Å². The summed E-state index contributed by atoms with van der Waals surface area (Å²) in [5, 5.41) is 0.804. The number of halogens is 1. The average molecular weight is 200 g/mol. The Morgan fingerprint density at radius 2 is 2.00 bits per heavy atom. The van der Waals surface area contributed by atoms with Crippen LogP contribution >= 0.6 is 11.6 Å². The maximum Gasteiger partial charge on any atom is 0.0588 e. The molecule has 0 fully saturated rings. The lowest BCUT2D eigenvalue weighted by molar-refractivity contribution is 0.145. The van der Waals surface area contributed by atoms with Crippen LogP contribution in [0.25, 0.3) is 0 Å². The highest BCUT2D eigenvalue weighted by atomic mass is 35.5. The van der Waals surface area contributed by atoms with E-state index in [4.69, 9.17) is 22.1 Å². The Balaban J connectivity index is 2.32. The van der Waals surface area contributed by atoms with Crippen LogP contribution in [0.4, 0.5) is 0 Å². The van der Waals surface area contributed by atoms with E-state index < -0.39 is 0 Å². The molecule has 0 aliphatic heterocycles. The van der Waals surface area contributed by atoms with Crippen molar-refractivity contribution in [2.75, 3.05) is 19.8 Å². The van der Waals surface area contributed by atoms with E-state index in [2.05, 4.69) is 0 Å². The molecule has 0 amide bonds. The average Bonchev–Trinajstić information content (AvgIpc) is 2.15. The van der Waals surface area contributed by atoms with Gasteiger partial charge in [0, 0.05) is 11.6 Å². The van der Waals surface area contributed by atoms with Gasteiger partial charge in [0.25, 0.3) is 0 Å². The van der Waals surface area contributed by atoms with E-state index in [0.717, 1.165) is 17.0 Å². The zero-order valence-corrected chi connectivity index (χ0v) is 8.26. The van der Waals surface area contributed by atoms with Crippen molar-refractivity contribution in [1.82, 2.24) is 0 Å². The summed E-state index contributed by atoms with van der Waals surface area (Å²) in [5.41, 5.74) is 6.41. The van der Waals surface area contributed by atoms with Gasteiger partial charge in [-0.25, -0.2) is 0 Å². The third kappa shape index (κ3) is 3.77. The molecule has 2 nitrogen and oxygen atoms in total. The molecule has 0 bridgehead atoms. The Morgan fingerprint density at radius 3 is 2.69 bits per heavy atom. The molecule has 0 radical (unpaired) electrons. The van der Waals surface area contributed by atoms with E-state index in [-0.39, 0.29) is 0 Å². The van der Waals surface area contributed by atoms with Gasteiger partial charge in [-0.2, -0.15) is 0 Å². The summed E-state index contributed by atoms with van der Waals surface area (Å²) >= 11 is 5.96. The first-order valence-corrected chi connectivity index (χ1v) is 4.73. The summed E-state index contributed by atoms with van der Waals surface area (Å²) in [4.78, 5) is 0. The highest BCUT2D eigenvalue weighted by Crippen LogP contribution is 2.14. The van der Waals surface area contributed by atoms with E-state index in [9.17, 15) is 0 Å². The van der Waals surface area contributed by atoms with Crippen molar-refractivity contribution in [1.29, 1.82) is 0 Å². The van der Waals surface area contributed by atoms with Gasteiger partial charge in [-0.3, -0.25) is 0 Å². The molecule has 0 aliphatic rings. The number of ether oxygens (including phenoxy) is 1. The Bertz CT molecular complexity index is 252. The smallest absolute Gasteiger partial charge is 0.0588 e. The van der Waals surface area contributed by atoms with Gasteiger partial charge in [-0.05, 0) is 18.1 Å². The zero-order chi connectivity index (χ0) is 9.52. The summed E-state index contributed by atoms with van der Waals surface area (Å²) in [5.74, 6) is 0. The third-order valence-corrected chi connectivity index (χ3v) is 2.10. The van der Waals surface area contributed by atoms with E-state index in [1.54, 1.807) is 0 Å². The van der Waals surface area contributed by atoms with E-state index in [1.165, 1.54) is 0 Å². The topological polar surface area (TPSA) is 35.2 Å². The lowest BCUT2D eigenvalue weighted by Crippen LogP contribution is -2.10. The maximum absolute atomic E-state index is 5.96. The van der Waals surface area contributed by atoms with Crippen LogP contribution in [0.15, 0.2) is 24.3 Å². The summed E-state index contributed by atoms with van der Waals surface area (Å²) in [6.45, 7) is 1.87. The summed E-state index contributed by atoms with van der Waals surface area (Å²) in [6, 6.07) is 7.80. The van der Waals surface area contributed by atoms with Gasteiger partial charge in [0.1, 0.15) is 0 Å². The Labute approximate surface area is 83.6 Å². The molecular weight excluding hydrogens is 186 g/mol. The molecule has 1 rings (SSSR count). The fraction of sp³-hybridized carbons (Fsp3) is 0.400. The molecule has 0 unspecified atom stereocenters. The van der Waals surface area contributed by atoms with Crippen molar-refractivity contribution in [3.63, 3.8) is 0 Å². The molecule has 0 heterocycles. The van der Waals surface area contributed by atoms with Gasteiger partial charge >= 0.3 is 0 Å². The fourth-order valence-electron chi connectivity index (χ4n) is 1.07. The number of benzene rings is 1. The molecule has 0 saturated heterocycles. The first-order chi connectivity index (χ1) is 6.34. The van der Waals surface area contributed by atoms with Crippen LogP contribution in [0, 0.1) is 0 Å². The van der Waals surface area contributed by atoms with Gasteiger partial charge in [0.15, 0.2) is 0 Å². The minimum absolute atomic E-state index is 0.572. The molecule has 0 aliphatic carbocycles. The third-order valence-electron chi connectivity index (χ3n) is 1.74. The largest absolute Gasteiger partial charge is 0.380 e. The number of hydrogen-bond acceptors (Lipinski definition) is 2. The van der Waals surface area contributed by atoms with E-state index in [0.29, 0.717) is 19.8 Å². The van der Waals surface area contributed by atoms with Crippen LogP contribution in [0.5, 0.6) is 0 Å². The number of rotatable bonds is 5. The first-order valence-electron chi connectivity index (χ1n) is 4.36. The molecule has 0 saturated carbocycles. The minimum atomic E-state index is 0.572. The standard InChI is InChI=1S/C10H14ClNO/c11-10-4-2-1-3-9(10)5-7-13-8-6-12/h1-4H,5-8,12H2. The predicted octanol–water partition coefficient (Wildman–Crippen LogP) is 1.86. The highest BCUT2D eigenvalue weighted by molar-refractivity contribution is 6.31. The molecule has 2 N–H and O–H groups in total. The molecule has 3 heteroatoms. The van der Waals surface area contributed by atoms with Crippen molar-refractivity contribution >= 4 is 11.6 Å². The second-order valence-electron chi connectivity index (χ2n) is 2.74. The highest BCUT2D eigenvalue weighted by Gasteiger charge is 1.97. The van der Waals surface area contributed by atoms with Crippen molar-refractivity contribution < 1.29 is 4.74 Å². The summed E-state index contributed by atoms with van der Waals surface area (Å²) in [6.07, 6.45) is 0.847. The molecular formula is C10H14ClNO. The van der Waals surface area contributed by atoms with Crippen molar-refractivity contribution in [3.8, 4) is 0 Å². The van der Waals surface area contributed by atoms with Crippen LogP contribution in [-0.2, 0) is 11.2 Å². The Morgan fingerprint density at radius 1 is 1.23 bits per heavy atom. The maximum atomic E-state index is 5.96. The summed E-state index contributed by atoms with van der Waals surface area (Å²) < 4.78 is 5.26. The summed E-state index contributed by atoms with van der Waals surface area (Å²) in [7, 11) is 0. The van der Waals surface area contributed by atoms with E-state index >= 15 is 0 Å². The Kier molecular flexibility index (Phi) is 4.83. The molecule has 72 valence electrons. The predicted molar refractivity (Wildman–Crippen MR) is 55.0 cm³/mol. The normalized spacial score (nSPS) is 10.3. The van der Waals surface area contributed by atoms with Crippen molar-refractivity contribution in [2.24, 2.45) is 5.73 Å². The first kappa shape index (κ1) is 10.5. The molecule has 1 aromatic carbocycles. The second kappa shape index (κ2) is 5.97. The van der Waals surface area contributed by atoms with Crippen LogP contribution in [0.2, 0.25) is 5.02 Å². The quantitative estimate of drug-likeness (QED) is 0.735. The van der Waals surface area contributed by atoms with Gasteiger partial charge in [-0.1, -0.05) is 29.8 Å². The van der Waals surface area contributed by atoms with Gasteiger partial charge in [-0.15, -0.1) is 0 Å². The molecule has 0 aromatic heterocycles. The number of nitrogens with two attached hydrogens (primary N) is 1. The Hall–Kier alpha value is -0.570. The van der Waals surface area contributed by atoms with Crippen LogP contribution < -0.4 is 5.73 Å². The van der Waals surface area contributed by atoms with Crippen LogP contribution in [-0.4, -0.2) is 19.8 Å². The minimum Gasteiger partial charge on any atom is -0.380 e. The van der Waals surface area contributed by atoms with Gasteiger partial charge < -0.3 is 10.5 Å². The SMILES string of the molecule is NCCOCCc1ccccc1Cl. The fourth-order valence-corrected chi connectivity index (χ4v) is 1.30. The van der Waals surface area contributed by atoms with Gasteiger partial charge in [0.05, 0.1) is 13.2 Å². The monoisotopic (exact) mass is 199 g/mol. The lowest BCUT2D eigenvalue weighted by Gasteiger charge is -2.04. The molecule has 0 spiro atoms. The molecule has 1 aromatic rings.